The molecule has 0 amide bonds. The van der Waals surface area contributed by atoms with Gasteiger partial charge in [-0.1, -0.05) is 13.8 Å². The van der Waals surface area contributed by atoms with Gasteiger partial charge in [-0.3, -0.25) is 15.1 Å². The lowest BCUT2D eigenvalue weighted by molar-refractivity contribution is -0.384. The van der Waals surface area contributed by atoms with Gasteiger partial charge in [0.05, 0.1) is 10.4 Å². The standard InChI is InChI=1S/C16H22N4O2/c1-3-19(4-2)11-5-9-17-15-8-10-18-16-12-13(20(21)22)6-7-14(15)16/h6-8,10,12H,3-5,9,11H2,1-2H3,(H,17,18). The first kappa shape index (κ1) is 16.2. The van der Waals surface area contributed by atoms with Crippen LogP contribution in [0.1, 0.15) is 20.3 Å². The van der Waals surface area contributed by atoms with Crippen LogP contribution in [0.3, 0.4) is 0 Å². The van der Waals surface area contributed by atoms with Gasteiger partial charge in [0.15, 0.2) is 0 Å². The van der Waals surface area contributed by atoms with Crippen LogP contribution in [-0.2, 0) is 0 Å². The fraction of sp³-hybridized carbons (Fsp3) is 0.438. The number of benzene rings is 1. The molecule has 2 rings (SSSR count). The summed E-state index contributed by atoms with van der Waals surface area (Å²) in [7, 11) is 0. The predicted molar refractivity (Wildman–Crippen MR) is 89.3 cm³/mol. The molecule has 22 heavy (non-hydrogen) atoms. The van der Waals surface area contributed by atoms with Crippen molar-refractivity contribution >= 4 is 22.3 Å². The second-order valence-corrected chi connectivity index (χ2v) is 5.12. The van der Waals surface area contributed by atoms with E-state index in [1.807, 2.05) is 6.07 Å². The number of fused-ring (bicyclic) bond motifs is 1. The molecule has 0 saturated carbocycles. The van der Waals surface area contributed by atoms with Crippen molar-refractivity contribution in [2.45, 2.75) is 20.3 Å². The summed E-state index contributed by atoms with van der Waals surface area (Å²) in [5.74, 6) is 0. The average molecular weight is 302 g/mol. The third-order valence-electron chi connectivity index (χ3n) is 3.80. The number of hydrogen-bond donors (Lipinski definition) is 1. The number of anilines is 1. The van der Waals surface area contributed by atoms with Crippen molar-refractivity contribution in [1.29, 1.82) is 0 Å². The number of nitrogens with one attached hydrogen (secondary N) is 1. The van der Waals surface area contributed by atoms with Crippen LogP contribution in [0.5, 0.6) is 0 Å². The highest BCUT2D eigenvalue weighted by Crippen LogP contribution is 2.25. The Labute approximate surface area is 130 Å². The van der Waals surface area contributed by atoms with Gasteiger partial charge in [0.25, 0.3) is 5.69 Å². The van der Waals surface area contributed by atoms with Gasteiger partial charge in [0.2, 0.25) is 0 Å². The van der Waals surface area contributed by atoms with Crippen molar-refractivity contribution in [2.75, 3.05) is 31.5 Å². The second-order valence-electron chi connectivity index (χ2n) is 5.12. The van der Waals surface area contributed by atoms with Gasteiger partial charge in [0, 0.05) is 35.9 Å². The molecular weight excluding hydrogens is 280 g/mol. The van der Waals surface area contributed by atoms with Crippen LogP contribution in [-0.4, -0.2) is 41.0 Å². The Balaban J connectivity index is 2.04. The van der Waals surface area contributed by atoms with E-state index in [-0.39, 0.29) is 5.69 Å². The lowest BCUT2D eigenvalue weighted by Crippen LogP contribution is -2.25. The Morgan fingerprint density at radius 2 is 2.05 bits per heavy atom. The number of nitrogens with zero attached hydrogens (tertiary/aromatic N) is 3. The number of nitro groups is 1. The Hall–Kier alpha value is -2.21. The molecule has 1 heterocycles. The lowest BCUT2D eigenvalue weighted by Gasteiger charge is -2.18. The minimum absolute atomic E-state index is 0.0682. The SMILES string of the molecule is CCN(CC)CCCNc1ccnc2cc([N+](=O)[O-])ccc12. The quantitative estimate of drug-likeness (QED) is 0.460. The van der Waals surface area contributed by atoms with Gasteiger partial charge in [-0.15, -0.1) is 0 Å². The predicted octanol–water partition coefficient (Wildman–Crippen LogP) is 3.29. The highest BCUT2D eigenvalue weighted by Gasteiger charge is 2.09. The maximum atomic E-state index is 10.8. The van der Waals surface area contributed by atoms with E-state index in [4.69, 9.17) is 0 Å². The van der Waals surface area contributed by atoms with E-state index < -0.39 is 4.92 Å². The zero-order valence-corrected chi connectivity index (χ0v) is 13.1. The lowest BCUT2D eigenvalue weighted by atomic mass is 10.1. The molecule has 0 spiro atoms. The number of non-ortho nitro benzene ring substituents is 1. The van der Waals surface area contributed by atoms with Gasteiger partial charge >= 0.3 is 0 Å². The molecule has 1 N–H and O–H groups in total. The molecule has 0 aliphatic carbocycles. The van der Waals surface area contributed by atoms with Crippen molar-refractivity contribution in [1.82, 2.24) is 9.88 Å². The molecule has 118 valence electrons. The number of rotatable bonds is 8. The summed E-state index contributed by atoms with van der Waals surface area (Å²) in [5.41, 5.74) is 1.68. The Morgan fingerprint density at radius 3 is 2.73 bits per heavy atom. The fourth-order valence-corrected chi connectivity index (χ4v) is 2.47. The first-order valence-corrected chi connectivity index (χ1v) is 7.65. The van der Waals surface area contributed by atoms with Crippen molar-refractivity contribution in [3.8, 4) is 0 Å². The van der Waals surface area contributed by atoms with Crippen LogP contribution in [0.15, 0.2) is 30.5 Å². The van der Waals surface area contributed by atoms with Gasteiger partial charge < -0.3 is 10.2 Å². The molecule has 2 aromatic rings. The van der Waals surface area contributed by atoms with Crippen LogP contribution >= 0.6 is 0 Å². The van der Waals surface area contributed by atoms with E-state index in [2.05, 4.69) is 29.0 Å². The maximum absolute atomic E-state index is 10.8. The van der Waals surface area contributed by atoms with E-state index >= 15 is 0 Å². The molecular formula is C16H22N4O2. The molecule has 6 nitrogen and oxygen atoms in total. The Morgan fingerprint density at radius 1 is 1.27 bits per heavy atom. The van der Waals surface area contributed by atoms with E-state index in [1.165, 1.54) is 12.1 Å². The summed E-state index contributed by atoms with van der Waals surface area (Å²) in [5, 5.41) is 15.1. The number of nitro benzene ring substituents is 1. The molecule has 0 saturated heterocycles. The minimum Gasteiger partial charge on any atom is -0.384 e. The molecule has 0 aliphatic heterocycles. The molecule has 0 fully saturated rings. The van der Waals surface area contributed by atoms with E-state index in [1.54, 1.807) is 12.3 Å². The van der Waals surface area contributed by atoms with Gasteiger partial charge in [-0.25, -0.2) is 0 Å². The normalized spacial score (nSPS) is 11.0. The number of pyridine rings is 1. The Bertz CT molecular complexity index is 641. The van der Waals surface area contributed by atoms with Crippen molar-refractivity contribution in [3.05, 3.63) is 40.6 Å². The average Bonchev–Trinajstić information content (AvgIpc) is 2.54. The summed E-state index contributed by atoms with van der Waals surface area (Å²) >= 11 is 0. The molecule has 0 atom stereocenters. The smallest absolute Gasteiger partial charge is 0.271 e. The van der Waals surface area contributed by atoms with Gasteiger partial charge in [0.1, 0.15) is 0 Å². The summed E-state index contributed by atoms with van der Waals surface area (Å²) in [6.07, 6.45) is 2.73. The molecule has 1 aromatic carbocycles. The van der Waals surface area contributed by atoms with Crippen LogP contribution in [0, 0.1) is 10.1 Å². The first-order chi connectivity index (χ1) is 10.7. The number of hydrogen-bond acceptors (Lipinski definition) is 5. The zero-order valence-electron chi connectivity index (χ0n) is 13.1. The van der Waals surface area contributed by atoms with Crippen LogP contribution < -0.4 is 5.32 Å². The fourth-order valence-electron chi connectivity index (χ4n) is 2.47. The van der Waals surface area contributed by atoms with Crippen LogP contribution in [0.25, 0.3) is 10.9 Å². The maximum Gasteiger partial charge on any atom is 0.271 e. The highest BCUT2D eigenvalue weighted by atomic mass is 16.6. The molecule has 0 aliphatic rings. The largest absolute Gasteiger partial charge is 0.384 e. The second kappa shape index (κ2) is 7.70. The van der Waals surface area contributed by atoms with Crippen LogP contribution in [0.4, 0.5) is 11.4 Å². The third-order valence-corrected chi connectivity index (χ3v) is 3.80. The van der Waals surface area contributed by atoms with Gasteiger partial charge in [-0.05, 0) is 38.2 Å². The zero-order chi connectivity index (χ0) is 15.9. The molecule has 0 unspecified atom stereocenters. The molecule has 0 radical (unpaired) electrons. The molecule has 0 bridgehead atoms. The Kier molecular flexibility index (Phi) is 5.66. The topological polar surface area (TPSA) is 71.3 Å². The van der Waals surface area contributed by atoms with E-state index in [9.17, 15) is 10.1 Å². The molecule has 1 aromatic heterocycles. The van der Waals surface area contributed by atoms with Crippen molar-refractivity contribution in [3.63, 3.8) is 0 Å². The summed E-state index contributed by atoms with van der Waals surface area (Å²) in [4.78, 5) is 17.0. The summed E-state index contributed by atoms with van der Waals surface area (Å²) in [6.45, 7) is 8.40. The first-order valence-electron chi connectivity index (χ1n) is 7.65. The molecule has 6 heteroatoms. The monoisotopic (exact) mass is 302 g/mol. The van der Waals surface area contributed by atoms with E-state index in [0.717, 1.165) is 43.7 Å². The van der Waals surface area contributed by atoms with Gasteiger partial charge in [-0.2, -0.15) is 0 Å². The number of aromatic nitrogens is 1. The minimum atomic E-state index is -0.398. The van der Waals surface area contributed by atoms with Crippen molar-refractivity contribution in [2.24, 2.45) is 0 Å². The third kappa shape index (κ3) is 3.92. The highest BCUT2D eigenvalue weighted by molar-refractivity contribution is 5.92. The summed E-state index contributed by atoms with van der Waals surface area (Å²) < 4.78 is 0. The van der Waals surface area contributed by atoms with E-state index in [0.29, 0.717) is 5.52 Å². The van der Waals surface area contributed by atoms with Crippen LogP contribution in [0.2, 0.25) is 0 Å². The van der Waals surface area contributed by atoms with Crippen molar-refractivity contribution < 1.29 is 4.92 Å². The summed E-state index contributed by atoms with van der Waals surface area (Å²) in [6, 6.07) is 6.69.